The van der Waals surface area contributed by atoms with Crippen LogP contribution in [0.4, 0.5) is 0 Å². The Morgan fingerprint density at radius 2 is 2.41 bits per heavy atom. The largest absolute Gasteiger partial charge is 0.495 e. The average molecular weight is 234 g/mol. The summed E-state index contributed by atoms with van der Waals surface area (Å²) >= 11 is 0. The standard InChI is InChI=1S/C12H18N4O/c1-16(9-5-6-9)12(13)15-8-10-11(17-2)4-3-7-14-10/h3-4,7,9H,5-6,8H2,1-2H3,(H2,13,15). The van der Waals surface area contributed by atoms with E-state index in [2.05, 4.69) is 9.98 Å². The van der Waals surface area contributed by atoms with Crippen molar-refractivity contribution in [1.29, 1.82) is 0 Å². The molecule has 0 bridgehead atoms. The fourth-order valence-corrected chi connectivity index (χ4v) is 1.64. The highest BCUT2D eigenvalue weighted by Gasteiger charge is 2.27. The highest BCUT2D eigenvalue weighted by atomic mass is 16.5. The van der Waals surface area contributed by atoms with E-state index in [1.54, 1.807) is 13.3 Å². The van der Waals surface area contributed by atoms with E-state index >= 15 is 0 Å². The van der Waals surface area contributed by atoms with Crippen molar-refractivity contribution in [3.63, 3.8) is 0 Å². The first-order valence-electron chi connectivity index (χ1n) is 5.73. The maximum Gasteiger partial charge on any atom is 0.191 e. The summed E-state index contributed by atoms with van der Waals surface area (Å²) in [6.07, 6.45) is 4.15. The normalized spacial score (nSPS) is 15.8. The molecule has 2 rings (SSSR count). The molecule has 0 amide bonds. The molecule has 1 aromatic rings. The predicted molar refractivity (Wildman–Crippen MR) is 66.9 cm³/mol. The second kappa shape index (κ2) is 5.03. The topological polar surface area (TPSA) is 63.7 Å². The van der Waals surface area contributed by atoms with Crippen LogP contribution < -0.4 is 10.5 Å². The summed E-state index contributed by atoms with van der Waals surface area (Å²) in [6, 6.07) is 4.29. The second-order valence-electron chi connectivity index (χ2n) is 4.17. The van der Waals surface area contributed by atoms with Crippen LogP contribution in [0.5, 0.6) is 5.75 Å². The minimum atomic E-state index is 0.451. The quantitative estimate of drug-likeness (QED) is 0.623. The van der Waals surface area contributed by atoms with E-state index < -0.39 is 0 Å². The molecular weight excluding hydrogens is 216 g/mol. The van der Waals surface area contributed by atoms with Gasteiger partial charge in [0.2, 0.25) is 0 Å². The molecule has 0 radical (unpaired) electrons. The Bertz CT molecular complexity index is 415. The molecule has 0 spiro atoms. The van der Waals surface area contributed by atoms with Crippen molar-refractivity contribution in [3.8, 4) is 5.75 Å². The summed E-state index contributed by atoms with van der Waals surface area (Å²) in [4.78, 5) is 10.6. The first kappa shape index (κ1) is 11.7. The van der Waals surface area contributed by atoms with E-state index in [4.69, 9.17) is 10.5 Å². The predicted octanol–water partition coefficient (Wildman–Crippen LogP) is 0.999. The molecular formula is C12H18N4O. The number of rotatable bonds is 4. The molecule has 5 heteroatoms. The van der Waals surface area contributed by atoms with Gasteiger partial charge in [-0.2, -0.15) is 0 Å². The van der Waals surface area contributed by atoms with Crippen molar-refractivity contribution in [1.82, 2.24) is 9.88 Å². The fourth-order valence-electron chi connectivity index (χ4n) is 1.64. The van der Waals surface area contributed by atoms with Crippen molar-refractivity contribution < 1.29 is 4.74 Å². The van der Waals surface area contributed by atoms with Gasteiger partial charge in [-0.05, 0) is 25.0 Å². The third-order valence-electron chi connectivity index (χ3n) is 2.92. The molecule has 5 nitrogen and oxygen atoms in total. The monoisotopic (exact) mass is 234 g/mol. The first-order valence-corrected chi connectivity index (χ1v) is 5.73. The Morgan fingerprint density at radius 3 is 3.06 bits per heavy atom. The lowest BCUT2D eigenvalue weighted by molar-refractivity contribution is 0.406. The highest BCUT2D eigenvalue weighted by molar-refractivity contribution is 5.78. The molecule has 1 fully saturated rings. The van der Waals surface area contributed by atoms with Crippen LogP contribution in [-0.2, 0) is 6.54 Å². The van der Waals surface area contributed by atoms with Gasteiger partial charge in [0.25, 0.3) is 0 Å². The zero-order chi connectivity index (χ0) is 12.3. The van der Waals surface area contributed by atoms with E-state index in [9.17, 15) is 0 Å². The molecule has 0 unspecified atom stereocenters. The maximum atomic E-state index is 5.90. The summed E-state index contributed by atoms with van der Waals surface area (Å²) in [5.41, 5.74) is 6.71. The van der Waals surface area contributed by atoms with Gasteiger partial charge >= 0.3 is 0 Å². The van der Waals surface area contributed by atoms with Crippen LogP contribution >= 0.6 is 0 Å². The van der Waals surface area contributed by atoms with Gasteiger partial charge in [0.05, 0.1) is 13.7 Å². The van der Waals surface area contributed by atoms with Crippen LogP contribution in [0.2, 0.25) is 0 Å². The Morgan fingerprint density at radius 1 is 1.65 bits per heavy atom. The van der Waals surface area contributed by atoms with Crippen molar-refractivity contribution in [2.24, 2.45) is 10.7 Å². The van der Waals surface area contributed by atoms with Crippen molar-refractivity contribution >= 4 is 5.96 Å². The lowest BCUT2D eigenvalue weighted by Gasteiger charge is -2.16. The van der Waals surface area contributed by atoms with Crippen LogP contribution in [-0.4, -0.2) is 36.0 Å². The SMILES string of the molecule is COc1cccnc1CN=C(N)N(C)C1CC1. The van der Waals surface area contributed by atoms with Crippen molar-refractivity contribution in [2.45, 2.75) is 25.4 Å². The van der Waals surface area contributed by atoms with Crippen LogP contribution in [0, 0.1) is 0 Å². The Hall–Kier alpha value is -1.78. The van der Waals surface area contributed by atoms with Gasteiger partial charge in [-0.15, -0.1) is 0 Å². The van der Waals surface area contributed by atoms with Gasteiger partial charge in [0, 0.05) is 19.3 Å². The maximum absolute atomic E-state index is 5.90. The van der Waals surface area contributed by atoms with E-state index in [1.165, 1.54) is 12.8 Å². The van der Waals surface area contributed by atoms with Gasteiger partial charge in [0.15, 0.2) is 5.96 Å². The second-order valence-corrected chi connectivity index (χ2v) is 4.17. The molecule has 1 saturated carbocycles. The number of guanidine groups is 1. The Balaban J connectivity index is 2.02. The Kier molecular flexibility index (Phi) is 3.46. The van der Waals surface area contributed by atoms with Gasteiger partial charge in [-0.1, -0.05) is 0 Å². The zero-order valence-electron chi connectivity index (χ0n) is 10.3. The van der Waals surface area contributed by atoms with E-state index in [-0.39, 0.29) is 0 Å². The molecule has 0 saturated heterocycles. The summed E-state index contributed by atoms with van der Waals surface area (Å²) < 4.78 is 5.21. The lowest BCUT2D eigenvalue weighted by Crippen LogP contribution is -2.35. The van der Waals surface area contributed by atoms with Crippen molar-refractivity contribution in [3.05, 3.63) is 24.0 Å². The number of nitrogens with two attached hydrogens (primary N) is 1. The first-order chi connectivity index (χ1) is 8.22. The minimum absolute atomic E-state index is 0.451. The number of hydrogen-bond donors (Lipinski definition) is 1. The summed E-state index contributed by atoms with van der Waals surface area (Å²) in [7, 11) is 3.61. The number of hydrogen-bond acceptors (Lipinski definition) is 3. The Labute approximate surface area is 101 Å². The number of methoxy groups -OCH3 is 1. The molecule has 0 aliphatic heterocycles. The van der Waals surface area contributed by atoms with Gasteiger partial charge in [-0.25, -0.2) is 4.99 Å². The van der Waals surface area contributed by atoms with Crippen molar-refractivity contribution in [2.75, 3.05) is 14.2 Å². The third-order valence-corrected chi connectivity index (χ3v) is 2.92. The minimum Gasteiger partial charge on any atom is -0.495 e. The van der Waals surface area contributed by atoms with E-state index in [1.807, 2.05) is 24.1 Å². The molecule has 2 N–H and O–H groups in total. The lowest BCUT2D eigenvalue weighted by atomic mass is 10.3. The number of ether oxygens (including phenoxy) is 1. The summed E-state index contributed by atoms with van der Waals surface area (Å²) in [5, 5.41) is 0. The van der Waals surface area contributed by atoms with Crippen LogP contribution in [0.1, 0.15) is 18.5 Å². The summed E-state index contributed by atoms with van der Waals surface area (Å²) in [6.45, 7) is 0.451. The molecule has 92 valence electrons. The molecule has 1 aliphatic rings. The molecule has 0 atom stereocenters. The van der Waals surface area contributed by atoms with Gasteiger partial charge in [0.1, 0.15) is 11.4 Å². The average Bonchev–Trinajstić information content (AvgIpc) is 3.19. The number of nitrogens with zero attached hydrogens (tertiary/aromatic N) is 3. The van der Waals surface area contributed by atoms with E-state index in [0.717, 1.165) is 11.4 Å². The third kappa shape index (κ3) is 2.87. The number of aromatic nitrogens is 1. The smallest absolute Gasteiger partial charge is 0.191 e. The number of pyridine rings is 1. The highest BCUT2D eigenvalue weighted by Crippen LogP contribution is 2.25. The number of aliphatic imine (C=N–C) groups is 1. The summed E-state index contributed by atoms with van der Waals surface area (Å²) in [5.74, 6) is 1.32. The molecule has 17 heavy (non-hydrogen) atoms. The zero-order valence-corrected chi connectivity index (χ0v) is 10.3. The van der Waals surface area contributed by atoms with E-state index in [0.29, 0.717) is 18.5 Å². The van der Waals surface area contributed by atoms with Crippen LogP contribution in [0.3, 0.4) is 0 Å². The molecule has 1 heterocycles. The fraction of sp³-hybridized carbons (Fsp3) is 0.500. The molecule has 0 aromatic carbocycles. The van der Waals surface area contributed by atoms with Crippen LogP contribution in [0.25, 0.3) is 0 Å². The molecule has 1 aliphatic carbocycles. The van der Waals surface area contributed by atoms with Crippen LogP contribution in [0.15, 0.2) is 23.3 Å². The van der Waals surface area contributed by atoms with Gasteiger partial charge < -0.3 is 15.4 Å². The molecule has 1 aromatic heterocycles. The van der Waals surface area contributed by atoms with Gasteiger partial charge in [-0.3, -0.25) is 4.98 Å².